The third-order valence-corrected chi connectivity index (χ3v) is 4.09. The van der Waals surface area contributed by atoms with E-state index in [-0.39, 0.29) is 11.9 Å². The SMILES string of the molecule is NC(CC1Cc2ccccc21)c1cc(Cl)ccc1F. The molecule has 19 heavy (non-hydrogen) atoms. The van der Waals surface area contributed by atoms with Crippen molar-refractivity contribution in [1.82, 2.24) is 0 Å². The zero-order valence-electron chi connectivity index (χ0n) is 10.4. The smallest absolute Gasteiger partial charge is 0.128 e. The molecule has 0 saturated heterocycles. The molecule has 3 heteroatoms. The lowest BCUT2D eigenvalue weighted by Gasteiger charge is -2.32. The summed E-state index contributed by atoms with van der Waals surface area (Å²) in [7, 11) is 0. The summed E-state index contributed by atoms with van der Waals surface area (Å²) in [5.41, 5.74) is 9.37. The highest BCUT2D eigenvalue weighted by molar-refractivity contribution is 6.30. The van der Waals surface area contributed by atoms with Crippen LogP contribution in [-0.4, -0.2) is 0 Å². The van der Waals surface area contributed by atoms with Crippen molar-refractivity contribution in [3.05, 3.63) is 70.0 Å². The maximum atomic E-state index is 13.7. The molecule has 0 heterocycles. The number of fused-ring (bicyclic) bond motifs is 1. The van der Waals surface area contributed by atoms with Crippen LogP contribution in [0.5, 0.6) is 0 Å². The number of nitrogens with two attached hydrogens (primary N) is 1. The minimum Gasteiger partial charge on any atom is -0.324 e. The Kier molecular flexibility index (Phi) is 3.29. The lowest BCUT2D eigenvalue weighted by atomic mass is 9.74. The third kappa shape index (κ3) is 2.38. The molecule has 2 aromatic rings. The average molecular weight is 276 g/mol. The van der Waals surface area contributed by atoms with E-state index in [4.69, 9.17) is 17.3 Å². The second-order valence-corrected chi connectivity index (χ2v) is 5.54. The Morgan fingerprint density at radius 1 is 1.26 bits per heavy atom. The first kappa shape index (κ1) is 12.6. The topological polar surface area (TPSA) is 26.0 Å². The van der Waals surface area contributed by atoms with Crippen LogP contribution in [-0.2, 0) is 6.42 Å². The van der Waals surface area contributed by atoms with Gasteiger partial charge in [0, 0.05) is 16.6 Å². The van der Waals surface area contributed by atoms with E-state index in [1.54, 1.807) is 12.1 Å². The quantitative estimate of drug-likeness (QED) is 0.892. The standard InChI is InChI=1S/C16H15ClFN/c17-12-5-6-15(18)14(9-12)16(19)8-11-7-10-3-1-2-4-13(10)11/h1-6,9,11,16H,7-8,19H2. The number of rotatable bonds is 3. The summed E-state index contributed by atoms with van der Waals surface area (Å²) in [6.07, 6.45) is 1.79. The summed E-state index contributed by atoms with van der Waals surface area (Å²) in [6, 6.07) is 12.6. The number of halogens is 2. The van der Waals surface area contributed by atoms with Crippen molar-refractivity contribution in [3.8, 4) is 0 Å². The number of benzene rings is 2. The maximum absolute atomic E-state index is 13.7. The van der Waals surface area contributed by atoms with Crippen molar-refractivity contribution in [2.45, 2.75) is 24.8 Å². The van der Waals surface area contributed by atoms with Crippen LogP contribution in [0.1, 0.15) is 35.1 Å². The Morgan fingerprint density at radius 3 is 2.84 bits per heavy atom. The Morgan fingerprint density at radius 2 is 2.05 bits per heavy atom. The molecular weight excluding hydrogens is 261 g/mol. The van der Waals surface area contributed by atoms with Gasteiger partial charge in [0.1, 0.15) is 5.82 Å². The van der Waals surface area contributed by atoms with Crippen molar-refractivity contribution >= 4 is 11.6 Å². The van der Waals surface area contributed by atoms with Gasteiger partial charge < -0.3 is 5.73 Å². The summed E-state index contributed by atoms with van der Waals surface area (Å²) in [4.78, 5) is 0. The molecule has 0 saturated carbocycles. The molecular formula is C16H15ClFN. The Hall–Kier alpha value is -1.38. The van der Waals surface area contributed by atoms with Crippen LogP contribution in [0.25, 0.3) is 0 Å². The molecule has 1 aliphatic carbocycles. The van der Waals surface area contributed by atoms with Crippen molar-refractivity contribution in [2.75, 3.05) is 0 Å². The summed E-state index contributed by atoms with van der Waals surface area (Å²) in [6.45, 7) is 0. The van der Waals surface area contributed by atoms with Crippen molar-refractivity contribution in [1.29, 1.82) is 0 Å². The van der Waals surface area contributed by atoms with Gasteiger partial charge in [-0.05, 0) is 48.1 Å². The monoisotopic (exact) mass is 275 g/mol. The van der Waals surface area contributed by atoms with Crippen molar-refractivity contribution < 1.29 is 4.39 Å². The fourth-order valence-electron chi connectivity index (χ4n) is 2.81. The van der Waals surface area contributed by atoms with Gasteiger partial charge in [-0.2, -0.15) is 0 Å². The molecule has 0 radical (unpaired) electrons. The Balaban J connectivity index is 1.76. The zero-order valence-corrected chi connectivity index (χ0v) is 11.2. The van der Waals surface area contributed by atoms with Crippen molar-refractivity contribution in [2.24, 2.45) is 5.73 Å². The van der Waals surface area contributed by atoms with E-state index < -0.39 is 0 Å². The highest BCUT2D eigenvalue weighted by Crippen LogP contribution is 2.40. The van der Waals surface area contributed by atoms with Gasteiger partial charge in [0.25, 0.3) is 0 Å². The maximum Gasteiger partial charge on any atom is 0.128 e. The Labute approximate surface area is 117 Å². The molecule has 0 aliphatic heterocycles. The highest BCUT2D eigenvalue weighted by atomic mass is 35.5. The third-order valence-electron chi connectivity index (χ3n) is 3.86. The fourth-order valence-corrected chi connectivity index (χ4v) is 2.99. The van der Waals surface area contributed by atoms with Gasteiger partial charge in [0.05, 0.1) is 0 Å². The summed E-state index contributed by atoms with van der Waals surface area (Å²) >= 11 is 5.90. The van der Waals surface area contributed by atoms with Crippen LogP contribution in [0.4, 0.5) is 4.39 Å². The molecule has 0 spiro atoms. The van der Waals surface area contributed by atoms with E-state index in [0.29, 0.717) is 16.5 Å². The van der Waals surface area contributed by atoms with Gasteiger partial charge in [0.15, 0.2) is 0 Å². The fraction of sp³-hybridized carbons (Fsp3) is 0.250. The van der Waals surface area contributed by atoms with Crippen LogP contribution >= 0.6 is 11.6 Å². The van der Waals surface area contributed by atoms with E-state index in [9.17, 15) is 4.39 Å². The van der Waals surface area contributed by atoms with E-state index in [1.165, 1.54) is 17.2 Å². The number of hydrogen-bond donors (Lipinski definition) is 1. The molecule has 2 atom stereocenters. The first-order chi connectivity index (χ1) is 9.15. The summed E-state index contributed by atoms with van der Waals surface area (Å²) in [5.74, 6) is 0.161. The minimum absolute atomic E-state index is 0.274. The molecule has 0 amide bonds. The predicted molar refractivity (Wildman–Crippen MR) is 75.8 cm³/mol. The molecule has 2 unspecified atom stereocenters. The van der Waals surface area contributed by atoms with Crippen LogP contribution in [0.2, 0.25) is 5.02 Å². The summed E-state index contributed by atoms with van der Waals surface area (Å²) in [5, 5.41) is 0.529. The van der Waals surface area contributed by atoms with Gasteiger partial charge >= 0.3 is 0 Å². The average Bonchev–Trinajstić information content (AvgIpc) is 2.38. The largest absolute Gasteiger partial charge is 0.324 e. The lowest BCUT2D eigenvalue weighted by molar-refractivity contribution is 0.481. The van der Waals surface area contributed by atoms with E-state index in [1.807, 2.05) is 12.1 Å². The minimum atomic E-state index is -0.308. The first-order valence-corrected chi connectivity index (χ1v) is 6.81. The molecule has 98 valence electrons. The van der Waals surface area contributed by atoms with E-state index in [0.717, 1.165) is 12.8 Å². The zero-order chi connectivity index (χ0) is 13.4. The predicted octanol–water partition coefficient (Wildman–Crippen LogP) is 4.21. The van der Waals surface area contributed by atoms with Gasteiger partial charge in [-0.15, -0.1) is 0 Å². The molecule has 3 rings (SSSR count). The normalized spacial score (nSPS) is 18.6. The molecule has 2 N–H and O–H groups in total. The number of hydrogen-bond acceptors (Lipinski definition) is 1. The van der Waals surface area contributed by atoms with Gasteiger partial charge in [-0.25, -0.2) is 4.39 Å². The summed E-state index contributed by atoms with van der Waals surface area (Å²) < 4.78 is 13.7. The highest BCUT2D eigenvalue weighted by Gasteiger charge is 2.28. The molecule has 1 nitrogen and oxygen atoms in total. The molecule has 0 aromatic heterocycles. The lowest BCUT2D eigenvalue weighted by Crippen LogP contribution is -2.23. The van der Waals surface area contributed by atoms with Crippen LogP contribution in [0.3, 0.4) is 0 Å². The van der Waals surface area contributed by atoms with Gasteiger partial charge in [-0.1, -0.05) is 35.9 Å². The van der Waals surface area contributed by atoms with E-state index in [2.05, 4.69) is 12.1 Å². The van der Waals surface area contributed by atoms with Crippen LogP contribution in [0, 0.1) is 5.82 Å². The van der Waals surface area contributed by atoms with Gasteiger partial charge in [0.2, 0.25) is 0 Å². The van der Waals surface area contributed by atoms with Crippen LogP contribution in [0.15, 0.2) is 42.5 Å². The Bertz CT molecular complexity index is 611. The first-order valence-electron chi connectivity index (χ1n) is 6.43. The molecule has 0 bridgehead atoms. The molecule has 2 aromatic carbocycles. The van der Waals surface area contributed by atoms with Gasteiger partial charge in [-0.3, -0.25) is 0 Å². The molecule has 1 aliphatic rings. The second kappa shape index (κ2) is 4.95. The second-order valence-electron chi connectivity index (χ2n) is 5.11. The van der Waals surface area contributed by atoms with Crippen LogP contribution < -0.4 is 5.73 Å². The van der Waals surface area contributed by atoms with Crippen molar-refractivity contribution in [3.63, 3.8) is 0 Å². The van der Waals surface area contributed by atoms with E-state index >= 15 is 0 Å². The molecule has 0 fully saturated rings.